The molecule has 0 bridgehead atoms. The highest BCUT2D eigenvalue weighted by atomic mass is 79.9. The van der Waals surface area contributed by atoms with Crippen LogP contribution in [0.15, 0.2) is 34.8 Å². The van der Waals surface area contributed by atoms with Gasteiger partial charge in [0.1, 0.15) is 11.5 Å². The van der Waals surface area contributed by atoms with Gasteiger partial charge in [0.2, 0.25) is 0 Å². The van der Waals surface area contributed by atoms with Gasteiger partial charge >= 0.3 is 0 Å². The number of halogens is 2. The fraction of sp³-hybridized carbons (Fsp3) is 0.250. The van der Waals surface area contributed by atoms with Crippen LogP contribution in [0, 0.1) is 6.92 Å². The largest absolute Gasteiger partial charge is 0.497 e. The molecule has 0 aliphatic rings. The third kappa shape index (κ3) is 4.05. The highest BCUT2D eigenvalue weighted by Crippen LogP contribution is 2.30. The van der Waals surface area contributed by atoms with Crippen molar-refractivity contribution < 1.29 is 9.47 Å². The van der Waals surface area contributed by atoms with E-state index >= 15 is 0 Å². The van der Waals surface area contributed by atoms with Gasteiger partial charge in [0.15, 0.2) is 0 Å². The lowest BCUT2D eigenvalue weighted by Crippen LogP contribution is -2.01. The number of aryl methyl sites for hydroxylation is 1. The summed E-state index contributed by atoms with van der Waals surface area (Å²) >= 11 is 9.70. The highest BCUT2D eigenvalue weighted by Gasteiger charge is 2.06. The number of benzene rings is 2. The first-order valence-electron chi connectivity index (χ1n) is 6.45. The molecule has 0 heterocycles. The Morgan fingerprint density at radius 3 is 2.24 bits per heavy atom. The van der Waals surface area contributed by atoms with Gasteiger partial charge in [-0.1, -0.05) is 11.6 Å². The molecule has 5 heteroatoms. The molecule has 0 amide bonds. The lowest BCUT2D eigenvalue weighted by molar-refractivity contribution is 0.393. The molecule has 0 aliphatic carbocycles. The van der Waals surface area contributed by atoms with E-state index in [1.165, 1.54) is 0 Å². The van der Waals surface area contributed by atoms with Gasteiger partial charge in [0, 0.05) is 22.1 Å². The fourth-order valence-electron chi connectivity index (χ4n) is 1.95. The maximum absolute atomic E-state index is 6.16. The molecule has 0 aliphatic heterocycles. The van der Waals surface area contributed by atoms with E-state index < -0.39 is 0 Å². The zero-order valence-electron chi connectivity index (χ0n) is 12.2. The van der Waals surface area contributed by atoms with Gasteiger partial charge < -0.3 is 14.8 Å². The van der Waals surface area contributed by atoms with Crippen LogP contribution in [0.25, 0.3) is 0 Å². The van der Waals surface area contributed by atoms with Gasteiger partial charge in [-0.25, -0.2) is 0 Å². The lowest BCUT2D eigenvalue weighted by Gasteiger charge is -2.12. The fourth-order valence-corrected chi connectivity index (χ4v) is 2.71. The van der Waals surface area contributed by atoms with E-state index in [4.69, 9.17) is 21.1 Å². The van der Waals surface area contributed by atoms with Crippen LogP contribution in [0.4, 0.5) is 5.69 Å². The Bertz CT molecular complexity index is 624. The summed E-state index contributed by atoms with van der Waals surface area (Å²) in [6.45, 7) is 2.62. The number of ether oxygens (including phenoxy) is 2. The first-order valence-corrected chi connectivity index (χ1v) is 7.62. The van der Waals surface area contributed by atoms with Crippen molar-refractivity contribution in [1.29, 1.82) is 0 Å². The van der Waals surface area contributed by atoms with Crippen LogP contribution in [0.2, 0.25) is 5.02 Å². The molecule has 0 aromatic heterocycles. The zero-order valence-corrected chi connectivity index (χ0v) is 14.5. The van der Waals surface area contributed by atoms with Gasteiger partial charge in [-0.2, -0.15) is 0 Å². The number of anilines is 1. The second kappa shape index (κ2) is 7.05. The van der Waals surface area contributed by atoms with Gasteiger partial charge in [0.05, 0.1) is 19.9 Å². The minimum Gasteiger partial charge on any atom is -0.497 e. The van der Waals surface area contributed by atoms with Crippen LogP contribution < -0.4 is 14.8 Å². The molecule has 2 rings (SSSR count). The smallest absolute Gasteiger partial charge is 0.122 e. The Morgan fingerprint density at radius 1 is 1.05 bits per heavy atom. The highest BCUT2D eigenvalue weighted by molar-refractivity contribution is 9.10. The van der Waals surface area contributed by atoms with Crippen LogP contribution in [0.3, 0.4) is 0 Å². The number of nitrogens with one attached hydrogen (secondary N) is 1. The summed E-state index contributed by atoms with van der Waals surface area (Å²) in [6.07, 6.45) is 0. The molecule has 21 heavy (non-hydrogen) atoms. The topological polar surface area (TPSA) is 30.5 Å². The summed E-state index contributed by atoms with van der Waals surface area (Å²) in [4.78, 5) is 0. The third-order valence-electron chi connectivity index (χ3n) is 3.14. The monoisotopic (exact) mass is 369 g/mol. The SMILES string of the molecule is COc1cc(CNc2cc(Cl)c(C)cc2Br)cc(OC)c1. The van der Waals surface area contributed by atoms with Gasteiger partial charge in [-0.3, -0.25) is 0 Å². The van der Waals surface area contributed by atoms with Gasteiger partial charge in [-0.05, 0) is 58.2 Å². The van der Waals surface area contributed by atoms with Crippen LogP contribution >= 0.6 is 27.5 Å². The predicted octanol–water partition coefficient (Wildman–Crippen LogP) is 5.04. The first kappa shape index (κ1) is 16.0. The molecule has 0 atom stereocenters. The molecule has 2 aromatic rings. The van der Waals surface area contributed by atoms with Gasteiger partial charge in [-0.15, -0.1) is 0 Å². The number of methoxy groups -OCH3 is 2. The Balaban J connectivity index is 2.18. The summed E-state index contributed by atoms with van der Waals surface area (Å²) in [5, 5.41) is 4.10. The number of hydrogen-bond donors (Lipinski definition) is 1. The molecule has 2 aromatic carbocycles. The lowest BCUT2D eigenvalue weighted by atomic mass is 10.2. The Kier molecular flexibility index (Phi) is 5.37. The van der Waals surface area contributed by atoms with Crippen molar-refractivity contribution in [2.75, 3.05) is 19.5 Å². The van der Waals surface area contributed by atoms with E-state index in [0.717, 1.165) is 37.8 Å². The average molecular weight is 371 g/mol. The van der Waals surface area contributed by atoms with Crippen molar-refractivity contribution in [1.82, 2.24) is 0 Å². The molecule has 0 spiro atoms. The van der Waals surface area contributed by atoms with Crippen molar-refractivity contribution in [2.45, 2.75) is 13.5 Å². The standard InChI is InChI=1S/C16H17BrClNO2/c1-10-4-14(17)16(8-15(10)18)19-9-11-5-12(20-2)7-13(6-11)21-3/h4-8,19H,9H2,1-3H3. The molecule has 0 radical (unpaired) electrons. The van der Waals surface area contributed by atoms with Crippen molar-refractivity contribution in [2.24, 2.45) is 0 Å². The van der Waals surface area contributed by atoms with Crippen molar-refractivity contribution in [3.8, 4) is 11.5 Å². The van der Waals surface area contributed by atoms with Crippen LogP contribution in [-0.2, 0) is 6.54 Å². The maximum atomic E-state index is 6.16. The maximum Gasteiger partial charge on any atom is 0.122 e. The number of rotatable bonds is 5. The summed E-state index contributed by atoms with van der Waals surface area (Å²) in [6, 6.07) is 9.70. The zero-order chi connectivity index (χ0) is 15.4. The molecule has 0 saturated heterocycles. The second-order valence-electron chi connectivity index (χ2n) is 4.66. The minimum absolute atomic E-state index is 0.644. The van der Waals surface area contributed by atoms with Gasteiger partial charge in [0.25, 0.3) is 0 Å². The van der Waals surface area contributed by atoms with Crippen LogP contribution in [-0.4, -0.2) is 14.2 Å². The summed E-state index contributed by atoms with van der Waals surface area (Å²) in [5.41, 5.74) is 3.05. The normalized spacial score (nSPS) is 10.3. The molecule has 112 valence electrons. The molecular weight excluding hydrogens is 354 g/mol. The first-order chi connectivity index (χ1) is 10.0. The van der Waals surface area contributed by atoms with E-state index in [1.54, 1.807) is 14.2 Å². The Morgan fingerprint density at radius 2 is 1.67 bits per heavy atom. The van der Waals surface area contributed by atoms with E-state index in [0.29, 0.717) is 6.54 Å². The second-order valence-corrected chi connectivity index (χ2v) is 5.92. The predicted molar refractivity (Wildman–Crippen MR) is 90.8 cm³/mol. The van der Waals surface area contributed by atoms with E-state index in [1.807, 2.05) is 37.3 Å². The summed E-state index contributed by atoms with van der Waals surface area (Å²) in [5.74, 6) is 1.54. The third-order valence-corrected chi connectivity index (χ3v) is 4.21. The summed E-state index contributed by atoms with van der Waals surface area (Å²) < 4.78 is 11.5. The number of hydrogen-bond acceptors (Lipinski definition) is 3. The Hall–Kier alpha value is -1.39. The van der Waals surface area contributed by atoms with E-state index in [2.05, 4.69) is 21.2 Å². The Labute approximate surface area is 138 Å². The van der Waals surface area contributed by atoms with E-state index in [9.17, 15) is 0 Å². The van der Waals surface area contributed by atoms with Crippen LogP contribution in [0.1, 0.15) is 11.1 Å². The average Bonchev–Trinajstić information content (AvgIpc) is 2.49. The minimum atomic E-state index is 0.644. The van der Waals surface area contributed by atoms with Crippen LogP contribution in [0.5, 0.6) is 11.5 Å². The molecular formula is C16H17BrClNO2. The van der Waals surface area contributed by atoms with Crippen molar-refractivity contribution >= 4 is 33.2 Å². The molecule has 1 N–H and O–H groups in total. The van der Waals surface area contributed by atoms with E-state index in [-0.39, 0.29) is 0 Å². The molecule has 3 nitrogen and oxygen atoms in total. The molecule has 0 saturated carbocycles. The molecule has 0 fully saturated rings. The molecule has 0 unspecified atom stereocenters. The van der Waals surface area contributed by atoms with Crippen molar-refractivity contribution in [3.63, 3.8) is 0 Å². The van der Waals surface area contributed by atoms with Crippen molar-refractivity contribution in [3.05, 3.63) is 51.0 Å². The summed E-state index contributed by atoms with van der Waals surface area (Å²) in [7, 11) is 3.28. The quantitative estimate of drug-likeness (QED) is 0.800.